The van der Waals surface area contributed by atoms with E-state index in [1.165, 1.54) is 42.1 Å². The van der Waals surface area contributed by atoms with Crippen LogP contribution in [0.25, 0.3) is 6.08 Å². The smallest absolute Gasteiger partial charge is 0.422 e. The molecule has 1 N–H and O–H groups in total. The second kappa shape index (κ2) is 13.1. The molecule has 0 aliphatic heterocycles. The third-order valence-corrected chi connectivity index (χ3v) is 4.28. The summed E-state index contributed by atoms with van der Waals surface area (Å²) >= 11 is 0. The Morgan fingerprint density at radius 1 is 1.29 bits per heavy atom. The number of carbonyl (C=O) groups excluding carboxylic acids is 2. The first-order chi connectivity index (χ1) is 16.6. The van der Waals surface area contributed by atoms with Gasteiger partial charge in [0, 0.05) is 32.4 Å². The summed E-state index contributed by atoms with van der Waals surface area (Å²) in [6.45, 7) is -2.37. The van der Waals surface area contributed by atoms with E-state index in [1.807, 2.05) is 0 Å². The molecule has 2 rings (SSSR count). The third-order valence-electron chi connectivity index (χ3n) is 4.28. The molecule has 13 heteroatoms. The van der Waals surface area contributed by atoms with E-state index in [-0.39, 0.29) is 36.7 Å². The van der Waals surface area contributed by atoms with Crippen LogP contribution in [0.15, 0.2) is 53.9 Å². The minimum atomic E-state index is -4.61. The quantitative estimate of drug-likeness (QED) is 0.159. The van der Waals surface area contributed by atoms with Crippen molar-refractivity contribution >= 4 is 29.7 Å². The number of hydrazone groups is 1. The summed E-state index contributed by atoms with van der Waals surface area (Å²) in [5, 5.41) is 5.53. The van der Waals surface area contributed by atoms with Gasteiger partial charge >= 0.3 is 6.18 Å². The van der Waals surface area contributed by atoms with Crippen LogP contribution in [0, 0.1) is 5.82 Å². The van der Waals surface area contributed by atoms with Crippen molar-refractivity contribution in [3.63, 3.8) is 0 Å². The number of ether oxygens (including phenoxy) is 1. The Hall–Kier alpha value is -3.87. The number of hydrogen-bond acceptors (Lipinski definition) is 7. The largest absolute Gasteiger partial charge is 0.484 e. The number of anilines is 1. The van der Waals surface area contributed by atoms with Crippen LogP contribution < -0.4 is 15.3 Å². The maximum atomic E-state index is 13.9. The van der Waals surface area contributed by atoms with Gasteiger partial charge in [-0.3, -0.25) is 14.8 Å². The molecular formula is C22H22F5N5O3. The standard InChI is InChI=1S/C22H22F5N5O3/c1-31(18-3-2-6-28-14-18)30-20(21(34)32(9-10-33)8-7-29-27)5-4-16-11-17(23)13-19(12-16)35-15-22(24,25)26/h2-6,10-14,29H,7-9,15H2,1H3/b5-4+,30-20+. The molecule has 0 unspecified atom stereocenters. The zero-order valence-corrected chi connectivity index (χ0v) is 18.5. The first kappa shape index (κ1) is 27.4. The Balaban J connectivity index is 2.39. The Labute approximate surface area is 197 Å². The Bertz CT molecular complexity index is 1050. The van der Waals surface area contributed by atoms with Crippen molar-refractivity contribution in [3.05, 3.63) is 60.2 Å². The van der Waals surface area contributed by atoms with Crippen molar-refractivity contribution in [1.82, 2.24) is 15.4 Å². The number of alkyl halides is 3. The summed E-state index contributed by atoms with van der Waals surface area (Å²) in [5.74, 6) is -1.97. The molecule has 35 heavy (non-hydrogen) atoms. The molecule has 0 aliphatic rings. The highest BCUT2D eigenvalue weighted by Gasteiger charge is 2.28. The van der Waals surface area contributed by atoms with Gasteiger partial charge in [0.15, 0.2) is 6.61 Å². The van der Waals surface area contributed by atoms with E-state index in [9.17, 15) is 31.6 Å². The average Bonchev–Trinajstić information content (AvgIpc) is 2.82. The first-order valence-corrected chi connectivity index (χ1v) is 10.1. The number of amides is 1. The lowest BCUT2D eigenvalue weighted by atomic mass is 10.1. The fourth-order valence-electron chi connectivity index (χ4n) is 2.72. The summed E-state index contributed by atoms with van der Waals surface area (Å²) in [4.78, 5) is 29.0. The van der Waals surface area contributed by atoms with Crippen LogP contribution in [0.5, 0.6) is 5.75 Å². The highest BCUT2D eigenvalue weighted by molar-refractivity contribution is 6.44. The van der Waals surface area contributed by atoms with E-state index in [0.717, 1.165) is 23.1 Å². The predicted molar refractivity (Wildman–Crippen MR) is 119 cm³/mol. The van der Waals surface area contributed by atoms with Crippen molar-refractivity contribution < 1.29 is 36.4 Å². The van der Waals surface area contributed by atoms with Crippen LogP contribution in [0.2, 0.25) is 0 Å². The van der Waals surface area contributed by atoms with Crippen molar-refractivity contribution in [3.8, 4) is 5.75 Å². The molecule has 0 atom stereocenters. The van der Waals surface area contributed by atoms with E-state index in [2.05, 4.69) is 14.8 Å². The van der Waals surface area contributed by atoms with Gasteiger partial charge < -0.3 is 14.4 Å². The topological polar surface area (TPSA) is 87.1 Å². The molecular weight excluding hydrogens is 477 g/mol. The molecule has 1 amide bonds. The van der Waals surface area contributed by atoms with E-state index < -0.39 is 24.5 Å². The molecule has 0 spiro atoms. The number of halogens is 5. The number of carbonyl (C=O) groups is 2. The zero-order chi connectivity index (χ0) is 25.8. The van der Waals surface area contributed by atoms with Gasteiger partial charge in [-0.2, -0.15) is 23.8 Å². The lowest BCUT2D eigenvalue weighted by Gasteiger charge is -2.21. The molecule has 0 bridgehead atoms. The normalized spacial score (nSPS) is 12.0. The predicted octanol–water partition coefficient (Wildman–Crippen LogP) is 3.17. The number of pyridine rings is 1. The summed E-state index contributed by atoms with van der Waals surface area (Å²) < 4.78 is 68.2. The van der Waals surface area contributed by atoms with Gasteiger partial charge in [-0.15, -0.1) is 4.48 Å². The fraction of sp³-hybridized carbons (Fsp3) is 0.273. The van der Waals surface area contributed by atoms with E-state index >= 15 is 0 Å². The van der Waals surface area contributed by atoms with Crippen LogP contribution in [-0.2, 0) is 9.59 Å². The first-order valence-electron chi connectivity index (χ1n) is 10.1. The van der Waals surface area contributed by atoms with E-state index in [4.69, 9.17) is 0 Å². The molecule has 0 saturated heterocycles. The Morgan fingerprint density at radius 2 is 2.06 bits per heavy atom. The fourth-order valence-corrected chi connectivity index (χ4v) is 2.72. The monoisotopic (exact) mass is 499 g/mol. The number of nitrogens with zero attached hydrogens (tertiary/aromatic N) is 4. The van der Waals surface area contributed by atoms with Crippen molar-refractivity contribution in [2.24, 2.45) is 5.10 Å². The number of aldehydes is 1. The van der Waals surface area contributed by atoms with Crippen LogP contribution >= 0.6 is 0 Å². The van der Waals surface area contributed by atoms with Gasteiger partial charge in [0.2, 0.25) is 0 Å². The molecule has 0 aliphatic carbocycles. The summed E-state index contributed by atoms with van der Waals surface area (Å²) in [5.41, 5.74) is 1.75. The van der Waals surface area contributed by atoms with Gasteiger partial charge in [0.25, 0.3) is 5.91 Å². The van der Waals surface area contributed by atoms with Gasteiger partial charge in [-0.1, -0.05) is 6.08 Å². The number of aromatic nitrogens is 1. The van der Waals surface area contributed by atoms with Gasteiger partial charge in [-0.25, -0.2) is 4.39 Å². The number of rotatable bonds is 12. The second-order valence-corrected chi connectivity index (χ2v) is 6.98. The number of nitrogens with one attached hydrogen (secondary N) is 1. The van der Waals surface area contributed by atoms with E-state index in [1.54, 1.807) is 12.1 Å². The van der Waals surface area contributed by atoms with Gasteiger partial charge in [-0.05, 0) is 35.9 Å². The summed E-state index contributed by atoms with van der Waals surface area (Å²) in [6.07, 6.45) is 1.29. The molecule has 8 nitrogen and oxygen atoms in total. The van der Waals surface area contributed by atoms with Gasteiger partial charge in [0.1, 0.15) is 23.6 Å². The van der Waals surface area contributed by atoms with Crippen LogP contribution in [0.4, 0.5) is 27.7 Å². The molecule has 1 heterocycles. The SMILES string of the molecule is CN(/N=C(\C=C\c1cc(F)cc(OCC(F)(F)F)c1)C(=O)N(CC=O)CCNF)c1cccnc1. The molecule has 2 aromatic rings. The van der Waals surface area contributed by atoms with Crippen LogP contribution in [0.3, 0.4) is 0 Å². The van der Waals surface area contributed by atoms with Crippen molar-refractivity contribution in [2.45, 2.75) is 6.18 Å². The molecule has 1 aromatic carbocycles. The zero-order valence-electron chi connectivity index (χ0n) is 18.5. The molecule has 1 aromatic heterocycles. The Kier molecular flexibility index (Phi) is 10.3. The van der Waals surface area contributed by atoms with Crippen molar-refractivity contribution in [2.75, 3.05) is 38.3 Å². The maximum absolute atomic E-state index is 13.9. The molecule has 0 fully saturated rings. The maximum Gasteiger partial charge on any atom is 0.422 e. The van der Waals surface area contributed by atoms with E-state index in [0.29, 0.717) is 12.0 Å². The Morgan fingerprint density at radius 3 is 2.69 bits per heavy atom. The molecule has 188 valence electrons. The minimum Gasteiger partial charge on any atom is -0.484 e. The summed E-state index contributed by atoms with van der Waals surface area (Å²) in [7, 11) is 1.52. The minimum absolute atomic E-state index is 0.0825. The second-order valence-electron chi connectivity index (χ2n) is 6.98. The highest BCUT2D eigenvalue weighted by Crippen LogP contribution is 2.22. The number of benzene rings is 1. The molecule has 0 saturated carbocycles. The average molecular weight is 499 g/mol. The van der Waals surface area contributed by atoms with Gasteiger partial charge in [0.05, 0.1) is 18.4 Å². The van der Waals surface area contributed by atoms with Crippen LogP contribution in [0.1, 0.15) is 5.56 Å². The highest BCUT2D eigenvalue weighted by atomic mass is 19.4. The lowest BCUT2D eigenvalue weighted by molar-refractivity contribution is -0.153. The molecule has 0 radical (unpaired) electrons. The third kappa shape index (κ3) is 9.49. The van der Waals surface area contributed by atoms with Crippen molar-refractivity contribution in [1.29, 1.82) is 0 Å². The lowest BCUT2D eigenvalue weighted by Crippen LogP contribution is -2.41. The summed E-state index contributed by atoms with van der Waals surface area (Å²) in [6, 6.07) is 6.25. The number of hydrogen-bond donors (Lipinski definition) is 1. The van der Waals surface area contributed by atoms with Crippen LogP contribution in [-0.4, -0.2) is 67.3 Å².